The summed E-state index contributed by atoms with van der Waals surface area (Å²) in [6, 6.07) is 16.1. The molecule has 1 amide bonds. The smallest absolute Gasteiger partial charge is 0.277 e. The number of nitrogens with zero attached hydrogens (tertiary/aromatic N) is 2. The Bertz CT molecular complexity index is 741. The van der Waals surface area contributed by atoms with Gasteiger partial charge in [-0.25, -0.2) is 0 Å². The maximum atomic E-state index is 12.6. The minimum Gasteiger partial charge on any atom is -0.497 e. The lowest BCUT2D eigenvalue weighted by molar-refractivity contribution is -0.683. The van der Waals surface area contributed by atoms with Gasteiger partial charge in [0.05, 0.1) is 7.11 Å². The van der Waals surface area contributed by atoms with Crippen molar-refractivity contribution in [2.75, 3.05) is 44.7 Å². The van der Waals surface area contributed by atoms with Crippen molar-refractivity contribution >= 4 is 23.2 Å². The van der Waals surface area contributed by atoms with Crippen molar-refractivity contribution in [1.82, 2.24) is 4.90 Å². The van der Waals surface area contributed by atoms with E-state index >= 15 is 0 Å². The van der Waals surface area contributed by atoms with Crippen LogP contribution in [-0.2, 0) is 4.79 Å². The summed E-state index contributed by atoms with van der Waals surface area (Å²) < 4.78 is 5.21. The zero-order valence-corrected chi connectivity index (χ0v) is 16.7. The zero-order chi connectivity index (χ0) is 19.2. The van der Waals surface area contributed by atoms with E-state index in [1.807, 2.05) is 41.3 Å². The van der Waals surface area contributed by atoms with Gasteiger partial charge in [0.2, 0.25) is 0 Å². The average molecular weight is 389 g/mol. The van der Waals surface area contributed by atoms with E-state index in [4.69, 9.17) is 16.3 Å². The summed E-state index contributed by atoms with van der Waals surface area (Å²) in [7, 11) is 1.67. The van der Waals surface area contributed by atoms with Gasteiger partial charge in [0.15, 0.2) is 6.54 Å². The van der Waals surface area contributed by atoms with Gasteiger partial charge in [-0.15, -0.1) is 0 Å². The molecule has 1 aliphatic rings. The van der Waals surface area contributed by atoms with E-state index in [1.165, 1.54) is 11.3 Å². The van der Waals surface area contributed by atoms with Gasteiger partial charge in [-0.2, -0.15) is 0 Å². The predicted octanol–water partition coefficient (Wildman–Crippen LogP) is 2.32. The number of anilines is 1. The first-order chi connectivity index (χ1) is 13.1. The first-order valence-corrected chi connectivity index (χ1v) is 9.70. The van der Waals surface area contributed by atoms with Crippen LogP contribution >= 0.6 is 11.6 Å². The number of piperazine rings is 1. The lowest BCUT2D eigenvalue weighted by Crippen LogP contribution is -2.87. The molecule has 0 radical (unpaired) electrons. The van der Waals surface area contributed by atoms with Crippen LogP contribution in [0.15, 0.2) is 48.5 Å². The summed E-state index contributed by atoms with van der Waals surface area (Å²) in [5.41, 5.74) is 2.35. The van der Waals surface area contributed by atoms with Crippen LogP contribution in [0.5, 0.6) is 5.75 Å². The number of halogens is 1. The van der Waals surface area contributed by atoms with E-state index in [9.17, 15) is 4.79 Å². The molecule has 5 nitrogen and oxygen atoms in total. The van der Waals surface area contributed by atoms with Crippen molar-refractivity contribution < 1.29 is 14.8 Å². The molecule has 1 atom stereocenters. The number of quaternary nitrogens is 1. The molecule has 2 aromatic carbocycles. The molecule has 1 heterocycles. The number of hydrogen-bond donors (Lipinski definition) is 1. The summed E-state index contributed by atoms with van der Waals surface area (Å²) in [5, 5.41) is 2.82. The Balaban J connectivity index is 1.45. The third-order valence-corrected chi connectivity index (χ3v) is 5.36. The lowest BCUT2D eigenvalue weighted by atomic mass is 10.1. The SMILES string of the molecule is COc1ccc(N2CCN(C(=O)C[NH2+][C@H](C)c3ccc(Cl)cc3)CC2)cc1. The highest BCUT2D eigenvalue weighted by molar-refractivity contribution is 6.30. The van der Waals surface area contributed by atoms with E-state index in [-0.39, 0.29) is 11.9 Å². The molecule has 0 saturated carbocycles. The molecule has 144 valence electrons. The summed E-state index contributed by atoms with van der Waals surface area (Å²) in [5.74, 6) is 1.06. The molecule has 0 aliphatic carbocycles. The number of carbonyl (C=O) groups is 1. The first-order valence-electron chi connectivity index (χ1n) is 9.32. The second kappa shape index (κ2) is 9.11. The molecule has 27 heavy (non-hydrogen) atoms. The Hall–Kier alpha value is -2.24. The molecule has 1 saturated heterocycles. The lowest BCUT2D eigenvalue weighted by Gasteiger charge is -2.36. The van der Waals surface area contributed by atoms with Crippen LogP contribution in [-0.4, -0.2) is 50.6 Å². The van der Waals surface area contributed by atoms with E-state index < -0.39 is 0 Å². The summed E-state index contributed by atoms with van der Waals surface area (Å²) >= 11 is 5.94. The quantitative estimate of drug-likeness (QED) is 0.826. The second-order valence-electron chi connectivity index (χ2n) is 6.85. The standard InChI is InChI=1S/C21H26ClN3O2/c1-16(17-3-5-18(22)6-4-17)23-15-21(26)25-13-11-24(12-14-25)19-7-9-20(27-2)10-8-19/h3-10,16,23H,11-15H2,1-2H3/p+1/t16-/m1/s1. The van der Waals surface area contributed by atoms with Gasteiger partial charge in [0.1, 0.15) is 11.8 Å². The molecule has 1 aliphatic heterocycles. The monoisotopic (exact) mass is 388 g/mol. The van der Waals surface area contributed by atoms with E-state index in [0.717, 1.165) is 37.0 Å². The number of nitrogens with two attached hydrogens (primary N) is 1. The molecule has 2 aromatic rings. The van der Waals surface area contributed by atoms with Gasteiger partial charge in [0, 0.05) is 42.5 Å². The maximum Gasteiger partial charge on any atom is 0.277 e. The Labute approximate surface area is 165 Å². The molecule has 1 fully saturated rings. The summed E-state index contributed by atoms with van der Waals surface area (Å²) in [6.45, 7) is 5.79. The van der Waals surface area contributed by atoms with Crippen molar-refractivity contribution in [2.45, 2.75) is 13.0 Å². The number of amides is 1. The van der Waals surface area contributed by atoms with E-state index in [2.05, 4.69) is 29.3 Å². The minimum atomic E-state index is 0.199. The Morgan fingerprint density at radius 1 is 1.07 bits per heavy atom. The molecule has 6 heteroatoms. The second-order valence-corrected chi connectivity index (χ2v) is 7.28. The fraction of sp³-hybridized carbons (Fsp3) is 0.381. The molecule has 0 bridgehead atoms. The van der Waals surface area contributed by atoms with Crippen LogP contribution < -0.4 is 15.0 Å². The maximum absolute atomic E-state index is 12.6. The zero-order valence-electron chi connectivity index (χ0n) is 15.9. The number of hydrogen-bond acceptors (Lipinski definition) is 3. The van der Waals surface area contributed by atoms with Crippen LogP contribution in [0.1, 0.15) is 18.5 Å². The van der Waals surface area contributed by atoms with Gasteiger partial charge in [-0.3, -0.25) is 4.79 Å². The van der Waals surface area contributed by atoms with Crippen molar-refractivity contribution in [3.8, 4) is 5.75 Å². The van der Waals surface area contributed by atoms with Crippen molar-refractivity contribution in [2.24, 2.45) is 0 Å². The van der Waals surface area contributed by atoms with Gasteiger partial charge >= 0.3 is 0 Å². The minimum absolute atomic E-state index is 0.199. The molecule has 0 aromatic heterocycles. The number of rotatable bonds is 6. The van der Waals surface area contributed by atoms with Crippen molar-refractivity contribution in [3.05, 3.63) is 59.1 Å². The average Bonchev–Trinajstić information content (AvgIpc) is 2.72. The number of methoxy groups -OCH3 is 1. The van der Waals surface area contributed by atoms with Gasteiger partial charge in [0.25, 0.3) is 5.91 Å². The molecular formula is C21H27ClN3O2+. The summed E-state index contributed by atoms with van der Waals surface area (Å²) in [6.07, 6.45) is 0. The normalized spacial score (nSPS) is 15.5. The third-order valence-electron chi connectivity index (χ3n) is 5.11. The Morgan fingerprint density at radius 2 is 1.70 bits per heavy atom. The van der Waals surface area contributed by atoms with Crippen molar-refractivity contribution in [1.29, 1.82) is 0 Å². The van der Waals surface area contributed by atoms with Gasteiger partial charge in [-0.05, 0) is 43.3 Å². The highest BCUT2D eigenvalue weighted by Gasteiger charge is 2.23. The molecule has 0 unspecified atom stereocenters. The fourth-order valence-electron chi connectivity index (χ4n) is 3.32. The third kappa shape index (κ3) is 5.15. The van der Waals surface area contributed by atoms with Crippen molar-refractivity contribution in [3.63, 3.8) is 0 Å². The van der Waals surface area contributed by atoms with E-state index in [0.29, 0.717) is 6.54 Å². The Kier molecular flexibility index (Phi) is 6.58. The number of ether oxygens (including phenoxy) is 1. The van der Waals surface area contributed by atoms with E-state index in [1.54, 1.807) is 7.11 Å². The highest BCUT2D eigenvalue weighted by Crippen LogP contribution is 2.20. The topological polar surface area (TPSA) is 49.4 Å². The highest BCUT2D eigenvalue weighted by atomic mass is 35.5. The van der Waals surface area contributed by atoms with Gasteiger partial charge in [-0.1, -0.05) is 23.7 Å². The van der Waals surface area contributed by atoms with Crippen LogP contribution in [0, 0.1) is 0 Å². The molecule has 0 spiro atoms. The summed E-state index contributed by atoms with van der Waals surface area (Å²) in [4.78, 5) is 16.8. The van der Waals surface area contributed by atoms with Crippen LogP contribution in [0.2, 0.25) is 5.02 Å². The molecule has 2 N–H and O–H groups in total. The largest absolute Gasteiger partial charge is 0.497 e. The van der Waals surface area contributed by atoms with Crippen LogP contribution in [0.25, 0.3) is 0 Å². The molecular weight excluding hydrogens is 362 g/mol. The van der Waals surface area contributed by atoms with Crippen LogP contribution in [0.3, 0.4) is 0 Å². The predicted molar refractivity (Wildman–Crippen MR) is 108 cm³/mol. The molecule has 3 rings (SSSR count). The Morgan fingerprint density at radius 3 is 2.30 bits per heavy atom. The first kappa shape index (κ1) is 19.5. The van der Waals surface area contributed by atoms with Gasteiger partial charge < -0.3 is 19.9 Å². The number of benzene rings is 2. The number of carbonyl (C=O) groups excluding carboxylic acids is 1. The fourth-order valence-corrected chi connectivity index (χ4v) is 3.44. The van der Waals surface area contributed by atoms with Crippen LogP contribution in [0.4, 0.5) is 5.69 Å².